The van der Waals surface area contributed by atoms with Crippen molar-refractivity contribution in [2.24, 2.45) is 0 Å². The van der Waals surface area contributed by atoms with E-state index in [-0.39, 0.29) is 37.9 Å². The van der Waals surface area contributed by atoms with E-state index in [1.165, 1.54) is 38.3 Å². The number of hydrogen-bond donors (Lipinski definition) is 2. The summed E-state index contributed by atoms with van der Waals surface area (Å²) >= 11 is 0. The van der Waals surface area contributed by atoms with E-state index >= 15 is 0 Å². The maximum atomic E-state index is 13.2. The van der Waals surface area contributed by atoms with Crippen LogP contribution >= 0.6 is 21.6 Å². The Kier molecular flexibility index (Phi) is 23.8. The standard InChI is InChI=1S/C43H58N2O8S2/c1-32(2)16-13-18-34(5)20-15-26-50-40(46)38(44-42(48)52-28-36-21-9-7-10-22-36)30-54-55-31-39(45-43(49)53-29-37-23-11-8-12-24-37)41(47)51-27-25-35(6)19-14-17-33(3)4/h7-12,16-17,20-25,38-39H,13-15,18-19,26-31H2,1-6H3,(H,44,48)(H,45,49)/b34-20+,35-25+/t38-,39+/m1/s1. The summed E-state index contributed by atoms with van der Waals surface area (Å²) in [5, 5.41) is 5.25. The predicted octanol–water partition coefficient (Wildman–Crippen LogP) is 9.82. The second-order valence-corrected chi connectivity index (χ2v) is 16.0. The van der Waals surface area contributed by atoms with Crippen molar-refractivity contribution in [2.45, 2.75) is 98.9 Å². The van der Waals surface area contributed by atoms with Gasteiger partial charge in [-0.15, -0.1) is 0 Å². The van der Waals surface area contributed by atoms with Gasteiger partial charge in [0.2, 0.25) is 0 Å². The molecule has 0 bridgehead atoms. The molecule has 2 aromatic carbocycles. The van der Waals surface area contributed by atoms with E-state index in [1.54, 1.807) is 0 Å². The summed E-state index contributed by atoms with van der Waals surface area (Å²) in [5.41, 5.74) is 6.41. The third-order valence-electron chi connectivity index (χ3n) is 7.83. The minimum absolute atomic E-state index is 0.0328. The molecule has 2 atom stereocenters. The van der Waals surface area contributed by atoms with Crippen LogP contribution in [0.1, 0.15) is 84.8 Å². The second kappa shape index (κ2) is 28.1. The van der Waals surface area contributed by atoms with E-state index in [1.807, 2.05) is 101 Å². The number of carbonyl (C=O) groups excluding carboxylic acids is 4. The first-order valence-electron chi connectivity index (χ1n) is 18.5. The third-order valence-corrected chi connectivity index (χ3v) is 10.2. The number of ether oxygens (including phenoxy) is 4. The number of nitrogens with one attached hydrogen (secondary N) is 2. The lowest BCUT2D eigenvalue weighted by Gasteiger charge is -2.19. The van der Waals surface area contributed by atoms with Crippen LogP contribution < -0.4 is 10.6 Å². The summed E-state index contributed by atoms with van der Waals surface area (Å²) in [6.45, 7) is 12.5. The molecule has 0 spiro atoms. The Morgan fingerprint density at radius 3 is 1.45 bits per heavy atom. The number of carbonyl (C=O) groups is 4. The van der Waals surface area contributed by atoms with Gasteiger partial charge < -0.3 is 29.6 Å². The molecule has 10 nitrogen and oxygen atoms in total. The second-order valence-electron chi connectivity index (χ2n) is 13.4. The average molecular weight is 795 g/mol. The number of hydrogen-bond acceptors (Lipinski definition) is 10. The van der Waals surface area contributed by atoms with Crippen LogP contribution in [0.5, 0.6) is 0 Å². The quantitative estimate of drug-likeness (QED) is 0.0348. The monoisotopic (exact) mass is 794 g/mol. The van der Waals surface area contributed by atoms with Crippen molar-refractivity contribution in [3.8, 4) is 0 Å². The van der Waals surface area contributed by atoms with Gasteiger partial charge in [-0.25, -0.2) is 19.2 Å². The molecule has 0 heterocycles. The zero-order valence-corrected chi connectivity index (χ0v) is 34.7. The topological polar surface area (TPSA) is 129 Å². The fourth-order valence-corrected chi connectivity index (χ4v) is 6.99. The van der Waals surface area contributed by atoms with Gasteiger partial charge in [-0.05, 0) is 90.8 Å². The van der Waals surface area contributed by atoms with Crippen LogP contribution in [0.3, 0.4) is 0 Å². The summed E-state index contributed by atoms with van der Waals surface area (Å²) in [6, 6.07) is 16.3. The Morgan fingerprint density at radius 2 is 1.00 bits per heavy atom. The molecule has 2 N–H and O–H groups in total. The minimum Gasteiger partial charge on any atom is -0.464 e. The van der Waals surface area contributed by atoms with Crippen LogP contribution in [0.4, 0.5) is 9.59 Å². The fraction of sp³-hybridized carbons (Fsp3) is 0.442. The van der Waals surface area contributed by atoms with Gasteiger partial charge in [-0.3, -0.25) is 0 Å². The summed E-state index contributed by atoms with van der Waals surface area (Å²) in [5.74, 6) is -1.02. The summed E-state index contributed by atoms with van der Waals surface area (Å²) in [4.78, 5) is 51.9. The molecule has 0 fully saturated rings. The lowest BCUT2D eigenvalue weighted by Crippen LogP contribution is -2.44. The number of benzene rings is 2. The van der Waals surface area contributed by atoms with E-state index < -0.39 is 36.2 Å². The van der Waals surface area contributed by atoms with Gasteiger partial charge in [0.25, 0.3) is 0 Å². The van der Waals surface area contributed by atoms with Gasteiger partial charge >= 0.3 is 24.1 Å². The number of esters is 2. The van der Waals surface area contributed by atoms with Crippen molar-refractivity contribution in [2.75, 3.05) is 24.7 Å². The molecule has 0 saturated heterocycles. The highest BCUT2D eigenvalue weighted by atomic mass is 33.1. The van der Waals surface area contributed by atoms with Crippen molar-refractivity contribution in [1.29, 1.82) is 0 Å². The molecular weight excluding hydrogens is 737 g/mol. The average Bonchev–Trinajstić information content (AvgIpc) is 3.15. The molecular formula is C43H58N2O8S2. The predicted molar refractivity (Wildman–Crippen MR) is 223 cm³/mol. The summed E-state index contributed by atoms with van der Waals surface area (Å²) in [7, 11) is 2.47. The van der Waals surface area contributed by atoms with Gasteiger partial charge in [-0.2, -0.15) is 0 Å². The van der Waals surface area contributed by atoms with Gasteiger partial charge in [0.15, 0.2) is 0 Å². The van der Waals surface area contributed by atoms with Gasteiger partial charge in [0, 0.05) is 11.5 Å². The Labute approximate surface area is 335 Å². The Hall–Kier alpha value is -4.42. The summed E-state index contributed by atoms with van der Waals surface area (Å²) in [6.07, 6.45) is 10.9. The van der Waals surface area contributed by atoms with Crippen molar-refractivity contribution in [3.63, 3.8) is 0 Å². The lowest BCUT2D eigenvalue weighted by atomic mass is 10.1. The molecule has 2 amide bonds. The van der Waals surface area contributed by atoms with E-state index in [2.05, 4.69) is 36.6 Å². The molecule has 12 heteroatoms. The summed E-state index contributed by atoms with van der Waals surface area (Å²) < 4.78 is 21.8. The fourth-order valence-electron chi connectivity index (χ4n) is 4.70. The minimum atomic E-state index is -1.04. The molecule has 0 radical (unpaired) electrons. The lowest BCUT2D eigenvalue weighted by molar-refractivity contribution is -0.145. The molecule has 55 heavy (non-hydrogen) atoms. The highest BCUT2D eigenvalue weighted by Gasteiger charge is 2.26. The zero-order valence-electron chi connectivity index (χ0n) is 33.1. The maximum absolute atomic E-state index is 13.2. The molecule has 0 saturated carbocycles. The molecule has 2 rings (SSSR count). The van der Waals surface area contributed by atoms with E-state index in [4.69, 9.17) is 18.9 Å². The molecule has 2 aromatic rings. The van der Waals surface area contributed by atoms with Crippen LogP contribution in [-0.4, -0.2) is 60.9 Å². The Bertz CT molecular complexity index is 1580. The number of amides is 2. The molecule has 0 aromatic heterocycles. The number of allylic oxidation sites excluding steroid dienone is 6. The first kappa shape index (κ1) is 46.7. The number of alkyl carbamates (subject to hydrolysis) is 2. The number of rotatable bonds is 24. The smallest absolute Gasteiger partial charge is 0.408 e. The van der Waals surface area contributed by atoms with E-state index in [9.17, 15) is 19.2 Å². The van der Waals surface area contributed by atoms with Crippen LogP contribution in [-0.2, 0) is 41.8 Å². The maximum Gasteiger partial charge on any atom is 0.408 e. The van der Waals surface area contributed by atoms with E-state index in [0.717, 1.165) is 42.4 Å². The Morgan fingerprint density at radius 1 is 0.564 bits per heavy atom. The van der Waals surface area contributed by atoms with Crippen molar-refractivity contribution < 1.29 is 38.1 Å². The highest BCUT2D eigenvalue weighted by molar-refractivity contribution is 8.76. The molecule has 0 aliphatic heterocycles. The van der Waals surface area contributed by atoms with Crippen molar-refractivity contribution in [1.82, 2.24) is 10.6 Å². The van der Waals surface area contributed by atoms with Crippen LogP contribution in [0.2, 0.25) is 0 Å². The van der Waals surface area contributed by atoms with Gasteiger partial charge in [0.1, 0.15) is 31.9 Å². The largest absolute Gasteiger partial charge is 0.464 e. The Balaban J connectivity index is 2.03. The normalized spacial score (nSPS) is 12.4. The highest BCUT2D eigenvalue weighted by Crippen LogP contribution is 2.24. The van der Waals surface area contributed by atoms with Crippen molar-refractivity contribution >= 4 is 45.7 Å². The van der Waals surface area contributed by atoms with Gasteiger partial charge in [-0.1, -0.05) is 123 Å². The molecule has 0 aliphatic carbocycles. The van der Waals surface area contributed by atoms with Crippen molar-refractivity contribution in [3.05, 3.63) is 118 Å². The molecule has 0 unspecified atom stereocenters. The molecule has 0 aliphatic rings. The van der Waals surface area contributed by atoms with Crippen LogP contribution in [0, 0.1) is 0 Å². The molecule has 300 valence electrons. The van der Waals surface area contributed by atoms with Crippen LogP contribution in [0.15, 0.2) is 107 Å². The van der Waals surface area contributed by atoms with Gasteiger partial charge in [0.05, 0.1) is 6.61 Å². The third kappa shape index (κ3) is 23.2. The zero-order chi connectivity index (χ0) is 40.3. The SMILES string of the molecule is CC(C)=CCC/C(C)=C/CCOC(=O)[C@@H](CSSC[C@H](NC(=O)OCc1ccccc1)C(=O)OC/C=C(\C)CCC=C(C)C)NC(=O)OCc1ccccc1. The first-order valence-corrected chi connectivity index (χ1v) is 21.0. The van der Waals surface area contributed by atoms with E-state index in [0.29, 0.717) is 6.42 Å². The van der Waals surface area contributed by atoms with Crippen LogP contribution in [0.25, 0.3) is 0 Å². The first-order chi connectivity index (χ1) is 26.4.